The van der Waals surface area contributed by atoms with Crippen molar-refractivity contribution in [1.29, 1.82) is 0 Å². The molecule has 2 aromatic heterocycles. The van der Waals surface area contributed by atoms with Gasteiger partial charge in [-0.3, -0.25) is 9.78 Å². The Morgan fingerprint density at radius 2 is 1.82 bits per heavy atom. The number of benzene rings is 1. The zero-order chi connectivity index (χ0) is 19.7. The van der Waals surface area contributed by atoms with Crippen LogP contribution >= 0.6 is 0 Å². The first-order valence-corrected chi connectivity index (χ1v) is 10.4. The van der Waals surface area contributed by atoms with Crippen molar-refractivity contribution >= 4 is 16.9 Å². The van der Waals surface area contributed by atoms with Crippen LogP contribution in [0.5, 0.6) is 0 Å². The van der Waals surface area contributed by atoms with Gasteiger partial charge in [-0.05, 0) is 67.2 Å². The molecule has 2 heterocycles. The van der Waals surface area contributed by atoms with Gasteiger partial charge in [-0.15, -0.1) is 0 Å². The van der Waals surface area contributed by atoms with Crippen LogP contribution in [-0.4, -0.2) is 21.0 Å². The third kappa shape index (κ3) is 3.32. The number of carboxylic acids is 1. The Bertz CT molecular complexity index is 975. The second-order valence-corrected chi connectivity index (χ2v) is 7.90. The molecule has 146 valence electrons. The fourth-order valence-corrected chi connectivity index (χ4v) is 4.74. The summed E-state index contributed by atoms with van der Waals surface area (Å²) < 4.78 is 0. The van der Waals surface area contributed by atoms with Gasteiger partial charge in [0.05, 0.1) is 23.3 Å². The number of pyridine rings is 1. The molecule has 0 amide bonds. The standard InChI is InChI=1S/C24H28N2O2/c1-3-15-6-5-7-16(4-2)23(15)21-12-19-20(13-25-22(19)14-26-21)17-8-10-18(11-9-17)24(27)28/h5-7,12-14,17-18,25H,3-4,8-11H2,1-2H3,(H,27,28). The summed E-state index contributed by atoms with van der Waals surface area (Å²) in [5, 5.41) is 10.5. The lowest BCUT2D eigenvalue weighted by molar-refractivity contribution is -0.142. The topological polar surface area (TPSA) is 66.0 Å². The minimum atomic E-state index is -0.646. The zero-order valence-electron chi connectivity index (χ0n) is 16.7. The first kappa shape index (κ1) is 18.7. The Morgan fingerprint density at radius 1 is 1.14 bits per heavy atom. The highest BCUT2D eigenvalue weighted by atomic mass is 16.4. The lowest BCUT2D eigenvalue weighted by Gasteiger charge is -2.26. The van der Waals surface area contributed by atoms with Crippen LogP contribution < -0.4 is 0 Å². The molecule has 1 fully saturated rings. The molecule has 0 radical (unpaired) electrons. The van der Waals surface area contributed by atoms with Crippen molar-refractivity contribution in [2.75, 3.05) is 0 Å². The van der Waals surface area contributed by atoms with E-state index in [2.05, 4.69) is 49.3 Å². The molecule has 0 spiro atoms. The van der Waals surface area contributed by atoms with Crippen LogP contribution in [0.25, 0.3) is 22.2 Å². The highest BCUT2D eigenvalue weighted by Gasteiger charge is 2.28. The maximum atomic E-state index is 11.3. The van der Waals surface area contributed by atoms with Crippen LogP contribution in [0.2, 0.25) is 0 Å². The number of aromatic nitrogens is 2. The number of carboxylic acid groups (broad SMARTS) is 1. The van der Waals surface area contributed by atoms with Crippen LogP contribution in [0.15, 0.2) is 36.7 Å². The fraction of sp³-hybridized carbons (Fsp3) is 0.417. The van der Waals surface area contributed by atoms with Gasteiger partial charge in [-0.1, -0.05) is 32.0 Å². The summed E-state index contributed by atoms with van der Waals surface area (Å²) >= 11 is 0. The maximum absolute atomic E-state index is 11.3. The van der Waals surface area contributed by atoms with Gasteiger partial charge in [0.1, 0.15) is 0 Å². The van der Waals surface area contributed by atoms with Gasteiger partial charge in [0, 0.05) is 17.1 Å². The number of nitrogens with zero attached hydrogens (tertiary/aromatic N) is 1. The van der Waals surface area contributed by atoms with E-state index in [1.54, 1.807) is 0 Å². The van der Waals surface area contributed by atoms with Gasteiger partial charge >= 0.3 is 5.97 Å². The van der Waals surface area contributed by atoms with E-state index in [0.29, 0.717) is 5.92 Å². The van der Waals surface area contributed by atoms with Crippen molar-refractivity contribution in [3.05, 3.63) is 53.3 Å². The van der Waals surface area contributed by atoms with Crippen molar-refractivity contribution in [2.24, 2.45) is 5.92 Å². The highest BCUT2D eigenvalue weighted by Crippen LogP contribution is 2.40. The molecule has 4 heteroatoms. The maximum Gasteiger partial charge on any atom is 0.306 e. The number of rotatable bonds is 5. The molecule has 0 atom stereocenters. The van der Waals surface area contributed by atoms with Gasteiger partial charge in [0.15, 0.2) is 0 Å². The monoisotopic (exact) mass is 376 g/mol. The first-order valence-electron chi connectivity index (χ1n) is 10.4. The Kier molecular flexibility index (Phi) is 5.21. The Labute approximate surface area is 166 Å². The number of fused-ring (bicyclic) bond motifs is 1. The third-order valence-corrected chi connectivity index (χ3v) is 6.37. The van der Waals surface area contributed by atoms with E-state index in [1.807, 2.05) is 6.20 Å². The molecule has 0 saturated heterocycles. The van der Waals surface area contributed by atoms with E-state index < -0.39 is 5.97 Å². The number of nitrogens with one attached hydrogen (secondary N) is 1. The average Bonchev–Trinajstić information content (AvgIpc) is 3.16. The SMILES string of the molecule is CCc1cccc(CC)c1-c1cc2c(C3CCC(C(=O)O)CC3)c[nH]c2cn1. The summed E-state index contributed by atoms with van der Waals surface area (Å²) in [5.74, 6) is -0.402. The Hall–Kier alpha value is -2.62. The Balaban J connectivity index is 1.73. The zero-order valence-corrected chi connectivity index (χ0v) is 16.7. The minimum Gasteiger partial charge on any atom is -0.481 e. The van der Waals surface area contributed by atoms with Crippen LogP contribution in [-0.2, 0) is 17.6 Å². The van der Waals surface area contributed by atoms with E-state index >= 15 is 0 Å². The summed E-state index contributed by atoms with van der Waals surface area (Å²) in [6.07, 6.45) is 9.44. The van der Waals surface area contributed by atoms with Crippen molar-refractivity contribution in [1.82, 2.24) is 9.97 Å². The van der Waals surface area contributed by atoms with Crippen molar-refractivity contribution in [3.8, 4) is 11.3 Å². The molecule has 2 N–H and O–H groups in total. The Morgan fingerprint density at radius 3 is 2.43 bits per heavy atom. The second-order valence-electron chi connectivity index (χ2n) is 7.90. The average molecular weight is 377 g/mol. The van der Waals surface area contributed by atoms with Gasteiger partial charge in [0.25, 0.3) is 0 Å². The van der Waals surface area contributed by atoms with E-state index in [1.165, 1.54) is 27.6 Å². The van der Waals surface area contributed by atoms with Crippen LogP contribution in [0.3, 0.4) is 0 Å². The molecule has 28 heavy (non-hydrogen) atoms. The molecular weight excluding hydrogens is 348 g/mol. The largest absolute Gasteiger partial charge is 0.481 e. The molecule has 0 bridgehead atoms. The van der Waals surface area contributed by atoms with Gasteiger partial charge < -0.3 is 10.1 Å². The second kappa shape index (κ2) is 7.78. The molecule has 1 saturated carbocycles. The van der Waals surface area contributed by atoms with Gasteiger partial charge in [-0.2, -0.15) is 0 Å². The summed E-state index contributed by atoms with van der Waals surface area (Å²) in [6, 6.07) is 8.78. The van der Waals surface area contributed by atoms with Crippen molar-refractivity contribution < 1.29 is 9.90 Å². The van der Waals surface area contributed by atoms with E-state index in [-0.39, 0.29) is 5.92 Å². The van der Waals surface area contributed by atoms with E-state index in [4.69, 9.17) is 4.98 Å². The molecular formula is C24H28N2O2. The molecule has 0 aliphatic heterocycles. The molecule has 1 aliphatic rings. The lowest BCUT2D eigenvalue weighted by atomic mass is 9.78. The smallest absolute Gasteiger partial charge is 0.306 e. The predicted octanol–water partition coefficient (Wildman–Crippen LogP) is 5.71. The molecule has 3 aromatic rings. The number of aromatic amines is 1. The number of aryl methyl sites for hydroxylation is 2. The molecule has 4 nitrogen and oxygen atoms in total. The summed E-state index contributed by atoms with van der Waals surface area (Å²) in [6.45, 7) is 4.39. The number of H-pyrrole nitrogens is 1. The first-order chi connectivity index (χ1) is 13.6. The highest BCUT2D eigenvalue weighted by molar-refractivity contribution is 5.87. The molecule has 0 unspecified atom stereocenters. The van der Waals surface area contributed by atoms with E-state index in [0.717, 1.165) is 49.7 Å². The molecule has 1 aromatic carbocycles. The predicted molar refractivity (Wildman–Crippen MR) is 113 cm³/mol. The van der Waals surface area contributed by atoms with Gasteiger partial charge in [0.2, 0.25) is 0 Å². The number of hydrogen-bond acceptors (Lipinski definition) is 2. The molecule has 4 rings (SSSR count). The number of carbonyl (C=O) groups is 1. The number of hydrogen-bond donors (Lipinski definition) is 2. The van der Waals surface area contributed by atoms with Crippen LogP contribution in [0, 0.1) is 5.92 Å². The fourth-order valence-electron chi connectivity index (χ4n) is 4.74. The summed E-state index contributed by atoms with van der Waals surface area (Å²) in [7, 11) is 0. The lowest BCUT2D eigenvalue weighted by Crippen LogP contribution is -2.20. The van der Waals surface area contributed by atoms with Crippen molar-refractivity contribution in [2.45, 2.75) is 58.3 Å². The normalized spacial score (nSPS) is 19.8. The van der Waals surface area contributed by atoms with E-state index in [9.17, 15) is 9.90 Å². The van der Waals surface area contributed by atoms with Gasteiger partial charge in [-0.25, -0.2) is 0 Å². The third-order valence-electron chi connectivity index (χ3n) is 6.37. The minimum absolute atomic E-state index is 0.178. The summed E-state index contributed by atoms with van der Waals surface area (Å²) in [4.78, 5) is 19.4. The van der Waals surface area contributed by atoms with Crippen LogP contribution in [0.1, 0.15) is 62.1 Å². The molecule has 1 aliphatic carbocycles. The van der Waals surface area contributed by atoms with Crippen molar-refractivity contribution in [3.63, 3.8) is 0 Å². The summed E-state index contributed by atoms with van der Waals surface area (Å²) in [5.41, 5.74) is 7.37. The number of aliphatic carboxylic acids is 1. The quantitative estimate of drug-likeness (QED) is 0.599. The van der Waals surface area contributed by atoms with Crippen LogP contribution in [0.4, 0.5) is 0 Å².